The Bertz CT molecular complexity index is 804. The van der Waals surface area contributed by atoms with Crippen LogP contribution >= 0.6 is 12.2 Å². The van der Waals surface area contributed by atoms with Gasteiger partial charge in [-0.15, -0.1) is 0 Å². The van der Waals surface area contributed by atoms with E-state index in [1.807, 2.05) is 37.3 Å². The Morgan fingerprint density at radius 1 is 1.00 bits per heavy atom. The zero-order chi connectivity index (χ0) is 18.8. The fourth-order valence-corrected chi connectivity index (χ4v) is 2.40. The second-order valence-corrected chi connectivity index (χ2v) is 5.97. The molecule has 0 heterocycles. The highest BCUT2D eigenvalue weighted by atomic mass is 32.1. The minimum Gasteiger partial charge on any atom is -0.332 e. The van der Waals surface area contributed by atoms with Gasteiger partial charge in [0.25, 0.3) is 0 Å². The highest BCUT2D eigenvalue weighted by molar-refractivity contribution is 7.80. The summed E-state index contributed by atoms with van der Waals surface area (Å²) in [6.07, 6.45) is 4.39. The number of hydrogen-bond acceptors (Lipinski definition) is 3. The monoisotopic (exact) mass is 367 g/mol. The van der Waals surface area contributed by atoms with Crippen LogP contribution in [0.4, 0.5) is 11.4 Å². The zero-order valence-electron chi connectivity index (χ0n) is 14.5. The van der Waals surface area contributed by atoms with E-state index in [0.29, 0.717) is 17.8 Å². The minimum atomic E-state index is -0.321. The van der Waals surface area contributed by atoms with Crippen LogP contribution < -0.4 is 16.0 Å². The van der Waals surface area contributed by atoms with Crippen LogP contribution in [0.1, 0.15) is 25.3 Å². The summed E-state index contributed by atoms with van der Waals surface area (Å²) in [6.45, 7) is 1.95. The molecule has 0 radical (unpaired) electrons. The predicted molar refractivity (Wildman–Crippen MR) is 110 cm³/mol. The first kappa shape index (κ1) is 19.3. The summed E-state index contributed by atoms with van der Waals surface area (Å²) < 4.78 is 0. The van der Waals surface area contributed by atoms with Gasteiger partial charge in [-0.1, -0.05) is 43.3 Å². The van der Waals surface area contributed by atoms with Crippen molar-refractivity contribution >= 4 is 46.6 Å². The molecule has 2 rings (SSSR count). The van der Waals surface area contributed by atoms with Crippen LogP contribution in [-0.4, -0.2) is 16.9 Å². The molecule has 0 aliphatic heterocycles. The number of anilines is 2. The lowest BCUT2D eigenvalue weighted by atomic mass is 10.2. The van der Waals surface area contributed by atoms with Crippen LogP contribution in [0, 0.1) is 0 Å². The van der Waals surface area contributed by atoms with E-state index in [4.69, 9.17) is 12.2 Å². The number of carbonyl (C=O) groups is 2. The average molecular weight is 367 g/mol. The standard InChI is InChI=1S/C20H21N3O2S/c1-2-7-18(24)21-16-10-6-11-17(14-16)22-20(26)23-19(25)13-12-15-8-4-3-5-9-15/h3-6,8-14H,2,7H2,1H3,(H,21,24)(H2,22,23,25,26). The molecule has 0 bridgehead atoms. The van der Waals surface area contributed by atoms with E-state index in [1.165, 1.54) is 6.08 Å². The van der Waals surface area contributed by atoms with E-state index in [2.05, 4.69) is 16.0 Å². The van der Waals surface area contributed by atoms with Crippen molar-refractivity contribution in [2.75, 3.05) is 10.6 Å². The second kappa shape index (κ2) is 10.1. The van der Waals surface area contributed by atoms with Crippen LogP contribution in [0.25, 0.3) is 6.08 Å². The van der Waals surface area contributed by atoms with Crippen LogP contribution in [0.2, 0.25) is 0 Å². The molecule has 6 heteroatoms. The maximum atomic E-state index is 11.9. The molecule has 2 amide bonds. The molecule has 0 unspecified atom stereocenters. The predicted octanol–water partition coefficient (Wildman–Crippen LogP) is 3.95. The van der Waals surface area contributed by atoms with Crippen molar-refractivity contribution in [2.24, 2.45) is 0 Å². The van der Waals surface area contributed by atoms with Crippen LogP contribution in [-0.2, 0) is 9.59 Å². The molecule has 5 nitrogen and oxygen atoms in total. The van der Waals surface area contributed by atoms with Gasteiger partial charge < -0.3 is 10.6 Å². The summed E-state index contributed by atoms with van der Waals surface area (Å²) in [5.74, 6) is -0.356. The summed E-state index contributed by atoms with van der Waals surface area (Å²) in [5, 5.41) is 8.52. The Hall–Kier alpha value is -2.99. The van der Waals surface area contributed by atoms with Gasteiger partial charge in [0.1, 0.15) is 0 Å². The molecule has 0 atom stereocenters. The number of thiocarbonyl (C=S) groups is 1. The van der Waals surface area contributed by atoms with Gasteiger partial charge in [0, 0.05) is 23.9 Å². The summed E-state index contributed by atoms with van der Waals surface area (Å²) >= 11 is 5.15. The van der Waals surface area contributed by atoms with Gasteiger partial charge in [-0.25, -0.2) is 0 Å². The average Bonchev–Trinajstić information content (AvgIpc) is 2.61. The lowest BCUT2D eigenvalue weighted by molar-refractivity contribution is -0.116. The molecule has 134 valence electrons. The Balaban J connectivity index is 1.88. The van der Waals surface area contributed by atoms with Crippen molar-refractivity contribution in [3.05, 3.63) is 66.2 Å². The molecule has 0 saturated heterocycles. The van der Waals surface area contributed by atoms with Gasteiger partial charge in [-0.05, 0) is 48.5 Å². The molecule has 0 aliphatic carbocycles. The molecule has 26 heavy (non-hydrogen) atoms. The smallest absolute Gasteiger partial charge is 0.250 e. The largest absolute Gasteiger partial charge is 0.332 e. The van der Waals surface area contributed by atoms with Gasteiger partial charge in [-0.3, -0.25) is 14.9 Å². The minimum absolute atomic E-state index is 0.0356. The van der Waals surface area contributed by atoms with Crippen molar-refractivity contribution in [2.45, 2.75) is 19.8 Å². The van der Waals surface area contributed by atoms with E-state index in [-0.39, 0.29) is 16.9 Å². The zero-order valence-corrected chi connectivity index (χ0v) is 15.3. The molecular formula is C20H21N3O2S. The number of benzene rings is 2. The molecular weight excluding hydrogens is 346 g/mol. The first-order valence-corrected chi connectivity index (χ1v) is 8.72. The Labute approximate surface area is 158 Å². The molecule has 0 fully saturated rings. The topological polar surface area (TPSA) is 70.2 Å². The van der Waals surface area contributed by atoms with Crippen molar-refractivity contribution in [1.29, 1.82) is 0 Å². The summed E-state index contributed by atoms with van der Waals surface area (Å²) in [7, 11) is 0. The van der Waals surface area contributed by atoms with Crippen molar-refractivity contribution in [3.8, 4) is 0 Å². The Morgan fingerprint density at radius 3 is 2.38 bits per heavy atom. The van der Waals surface area contributed by atoms with Gasteiger partial charge in [0.15, 0.2) is 5.11 Å². The van der Waals surface area contributed by atoms with E-state index in [0.717, 1.165) is 12.0 Å². The van der Waals surface area contributed by atoms with Crippen molar-refractivity contribution in [1.82, 2.24) is 5.32 Å². The Kier molecular flexibility index (Phi) is 7.51. The fraction of sp³-hybridized carbons (Fsp3) is 0.150. The second-order valence-electron chi connectivity index (χ2n) is 5.57. The van der Waals surface area contributed by atoms with Crippen LogP contribution in [0.15, 0.2) is 60.7 Å². The van der Waals surface area contributed by atoms with Crippen molar-refractivity contribution < 1.29 is 9.59 Å². The highest BCUT2D eigenvalue weighted by Gasteiger charge is 2.04. The molecule has 0 spiro atoms. The molecule has 0 aromatic heterocycles. The molecule has 2 aromatic rings. The molecule has 0 saturated carbocycles. The van der Waals surface area contributed by atoms with E-state index in [1.54, 1.807) is 30.3 Å². The molecule has 3 N–H and O–H groups in total. The first-order valence-electron chi connectivity index (χ1n) is 8.32. The Morgan fingerprint density at radius 2 is 1.69 bits per heavy atom. The molecule has 2 aromatic carbocycles. The van der Waals surface area contributed by atoms with E-state index >= 15 is 0 Å². The van der Waals surface area contributed by atoms with Gasteiger partial charge in [0.2, 0.25) is 11.8 Å². The third-order valence-electron chi connectivity index (χ3n) is 3.34. The van der Waals surface area contributed by atoms with E-state index < -0.39 is 0 Å². The number of amides is 2. The fourth-order valence-electron chi connectivity index (χ4n) is 2.18. The summed E-state index contributed by atoms with van der Waals surface area (Å²) in [5.41, 5.74) is 2.28. The van der Waals surface area contributed by atoms with Crippen LogP contribution in [0.3, 0.4) is 0 Å². The van der Waals surface area contributed by atoms with Gasteiger partial charge >= 0.3 is 0 Å². The third kappa shape index (κ3) is 6.86. The highest BCUT2D eigenvalue weighted by Crippen LogP contribution is 2.15. The number of rotatable bonds is 6. The third-order valence-corrected chi connectivity index (χ3v) is 3.55. The number of carbonyl (C=O) groups excluding carboxylic acids is 2. The lowest BCUT2D eigenvalue weighted by Crippen LogP contribution is -2.32. The SMILES string of the molecule is CCCC(=O)Nc1cccc(NC(=S)NC(=O)C=Cc2ccccc2)c1. The van der Waals surface area contributed by atoms with E-state index in [9.17, 15) is 9.59 Å². The summed E-state index contributed by atoms with van der Waals surface area (Å²) in [6, 6.07) is 16.7. The maximum absolute atomic E-state index is 11.9. The quantitative estimate of drug-likeness (QED) is 0.534. The van der Waals surface area contributed by atoms with Gasteiger partial charge in [-0.2, -0.15) is 0 Å². The number of nitrogens with one attached hydrogen (secondary N) is 3. The number of hydrogen-bond donors (Lipinski definition) is 3. The first-order chi connectivity index (χ1) is 12.6. The normalized spacial score (nSPS) is 10.3. The van der Waals surface area contributed by atoms with Crippen LogP contribution in [0.5, 0.6) is 0 Å². The summed E-state index contributed by atoms with van der Waals surface area (Å²) in [4.78, 5) is 23.6. The van der Waals surface area contributed by atoms with Gasteiger partial charge in [0.05, 0.1) is 0 Å². The lowest BCUT2D eigenvalue weighted by Gasteiger charge is -2.10. The molecule has 0 aliphatic rings. The maximum Gasteiger partial charge on any atom is 0.250 e. The van der Waals surface area contributed by atoms with Crippen molar-refractivity contribution in [3.63, 3.8) is 0 Å².